The molecule has 0 aromatic rings. The van der Waals surface area contributed by atoms with Gasteiger partial charge in [0.1, 0.15) is 0 Å². The zero-order valence-electron chi connectivity index (χ0n) is 12.2. The van der Waals surface area contributed by atoms with Crippen LogP contribution < -0.4 is 0 Å². The summed E-state index contributed by atoms with van der Waals surface area (Å²) >= 11 is 1.35. The molecule has 0 aliphatic heterocycles. The van der Waals surface area contributed by atoms with Gasteiger partial charge in [0.15, 0.2) is 0 Å². The molecule has 0 aliphatic carbocycles. The maximum absolute atomic E-state index is 11.0. The van der Waals surface area contributed by atoms with E-state index in [9.17, 15) is 15.0 Å². The number of carbonyl (C=O) groups excluding carboxylic acids is 1. The average molecular weight is 280 g/mol. The second-order valence-electron chi connectivity index (χ2n) is 3.70. The molecule has 0 aliphatic rings. The molecule has 0 radical (unpaired) electrons. The van der Waals surface area contributed by atoms with Gasteiger partial charge in [-0.3, -0.25) is 4.79 Å². The smallest absolute Gasteiger partial charge is 0.315 e. The van der Waals surface area contributed by atoms with Crippen LogP contribution in [0.15, 0.2) is 0 Å². The van der Waals surface area contributed by atoms with Crippen LogP contribution in [0.5, 0.6) is 0 Å². The van der Waals surface area contributed by atoms with Gasteiger partial charge in [-0.1, -0.05) is 27.7 Å². The molecule has 0 bridgehead atoms. The van der Waals surface area contributed by atoms with Crippen molar-refractivity contribution < 1.29 is 19.7 Å². The maximum atomic E-state index is 11.0. The molecule has 2 N–H and O–H groups in total. The van der Waals surface area contributed by atoms with E-state index in [2.05, 4.69) is 4.74 Å². The van der Waals surface area contributed by atoms with Gasteiger partial charge in [-0.2, -0.15) is 0 Å². The van der Waals surface area contributed by atoms with E-state index in [1.165, 1.54) is 18.9 Å². The first-order chi connectivity index (χ1) is 8.54. The SMILES string of the molecule is CC.CCC(O)CC(SCC(=O)OC)C(O)CC. The number of aliphatic hydroxyl groups is 2. The Morgan fingerprint density at radius 3 is 2.17 bits per heavy atom. The van der Waals surface area contributed by atoms with Crippen molar-refractivity contribution in [2.45, 2.75) is 64.4 Å². The molecule has 0 aromatic carbocycles. The molecule has 4 nitrogen and oxygen atoms in total. The normalized spacial score (nSPS) is 15.1. The summed E-state index contributed by atoms with van der Waals surface area (Å²) < 4.78 is 4.54. The summed E-state index contributed by atoms with van der Waals surface area (Å²) in [5.74, 6) is -0.0847. The van der Waals surface area contributed by atoms with Crippen molar-refractivity contribution in [3.8, 4) is 0 Å². The summed E-state index contributed by atoms with van der Waals surface area (Å²) in [5.41, 5.74) is 0. The van der Waals surface area contributed by atoms with Crippen molar-refractivity contribution in [3.05, 3.63) is 0 Å². The highest BCUT2D eigenvalue weighted by Gasteiger charge is 2.22. The first-order valence-electron chi connectivity index (χ1n) is 6.59. The highest BCUT2D eigenvalue weighted by Crippen LogP contribution is 2.23. The fourth-order valence-corrected chi connectivity index (χ4v) is 2.51. The van der Waals surface area contributed by atoms with Crippen LogP contribution in [0.3, 0.4) is 0 Å². The summed E-state index contributed by atoms with van der Waals surface area (Å²) in [7, 11) is 1.34. The molecule has 0 fully saturated rings. The molecule has 0 spiro atoms. The van der Waals surface area contributed by atoms with Crippen LogP contribution in [0.25, 0.3) is 0 Å². The highest BCUT2D eigenvalue weighted by atomic mass is 32.2. The minimum atomic E-state index is -0.490. The van der Waals surface area contributed by atoms with Gasteiger partial charge >= 0.3 is 5.97 Å². The van der Waals surface area contributed by atoms with E-state index in [4.69, 9.17) is 0 Å². The first-order valence-corrected chi connectivity index (χ1v) is 7.64. The number of rotatable bonds is 8. The maximum Gasteiger partial charge on any atom is 0.315 e. The van der Waals surface area contributed by atoms with Crippen LogP contribution in [0, 0.1) is 0 Å². The van der Waals surface area contributed by atoms with Crippen LogP contribution in [0.4, 0.5) is 0 Å². The second kappa shape index (κ2) is 13.2. The van der Waals surface area contributed by atoms with Crippen LogP contribution in [-0.2, 0) is 9.53 Å². The van der Waals surface area contributed by atoms with Gasteiger partial charge in [0.05, 0.1) is 25.1 Å². The minimum absolute atomic E-state index is 0.112. The van der Waals surface area contributed by atoms with Gasteiger partial charge in [0, 0.05) is 5.25 Å². The Balaban J connectivity index is 0. The van der Waals surface area contributed by atoms with E-state index >= 15 is 0 Å². The fraction of sp³-hybridized carbons (Fsp3) is 0.923. The lowest BCUT2D eigenvalue weighted by molar-refractivity contribution is -0.137. The summed E-state index contributed by atoms with van der Waals surface area (Å²) in [4.78, 5) is 11.0. The lowest BCUT2D eigenvalue weighted by Crippen LogP contribution is -2.28. The molecule has 0 saturated heterocycles. The van der Waals surface area contributed by atoms with Crippen molar-refractivity contribution in [2.24, 2.45) is 0 Å². The van der Waals surface area contributed by atoms with E-state index in [1.807, 2.05) is 27.7 Å². The van der Waals surface area contributed by atoms with Crippen LogP contribution in [-0.4, -0.2) is 46.5 Å². The molecule has 3 atom stereocenters. The molecule has 18 heavy (non-hydrogen) atoms. The average Bonchev–Trinajstić information content (AvgIpc) is 2.43. The molecule has 0 saturated carbocycles. The molecule has 5 heteroatoms. The quantitative estimate of drug-likeness (QED) is 0.667. The number of ether oxygens (including phenoxy) is 1. The molecule has 0 heterocycles. The molecule has 0 rings (SSSR count). The Morgan fingerprint density at radius 2 is 1.78 bits per heavy atom. The predicted octanol–water partition coefficient (Wildman–Crippen LogP) is 2.22. The highest BCUT2D eigenvalue weighted by molar-refractivity contribution is 8.00. The third-order valence-electron chi connectivity index (χ3n) is 2.47. The van der Waals surface area contributed by atoms with E-state index in [1.54, 1.807) is 0 Å². The summed E-state index contributed by atoms with van der Waals surface area (Å²) in [6, 6.07) is 0. The Bertz CT molecular complexity index is 199. The second-order valence-corrected chi connectivity index (χ2v) is 4.93. The topological polar surface area (TPSA) is 66.8 Å². The Morgan fingerprint density at radius 1 is 1.22 bits per heavy atom. The van der Waals surface area contributed by atoms with E-state index in [0.29, 0.717) is 19.3 Å². The molecule has 3 unspecified atom stereocenters. The first kappa shape index (κ1) is 20.1. The van der Waals surface area contributed by atoms with Crippen molar-refractivity contribution in [1.82, 2.24) is 0 Å². The van der Waals surface area contributed by atoms with Gasteiger partial charge in [-0.15, -0.1) is 11.8 Å². The zero-order valence-corrected chi connectivity index (χ0v) is 13.0. The summed E-state index contributed by atoms with van der Waals surface area (Å²) in [6.45, 7) is 7.78. The van der Waals surface area contributed by atoms with Crippen molar-refractivity contribution in [3.63, 3.8) is 0 Å². The summed E-state index contributed by atoms with van der Waals surface area (Å²) in [6.07, 6.45) is 0.876. The van der Waals surface area contributed by atoms with Crippen LogP contribution in [0.2, 0.25) is 0 Å². The molecule has 0 aromatic heterocycles. The number of hydrogen-bond acceptors (Lipinski definition) is 5. The Kier molecular flexibility index (Phi) is 14.7. The fourth-order valence-electron chi connectivity index (χ4n) is 1.27. The van der Waals surface area contributed by atoms with Crippen molar-refractivity contribution in [2.75, 3.05) is 12.9 Å². The summed E-state index contributed by atoms with van der Waals surface area (Å²) in [5, 5.41) is 19.2. The standard InChI is InChI=1S/C11H22O4S.C2H6/c1-4-8(12)6-10(9(13)5-2)16-7-11(14)15-3;1-2/h8-10,12-13H,4-7H2,1-3H3;1-2H3. The lowest BCUT2D eigenvalue weighted by atomic mass is 10.1. The van der Waals surface area contributed by atoms with E-state index in [0.717, 1.165) is 0 Å². The number of esters is 1. The van der Waals surface area contributed by atoms with Crippen LogP contribution >= 0.6 is 11.8 Å². The monoisotopic (exact) mass is 280 g/mol. The third-order valence-corrected chi connectivity index (χ3v) is 3.80. The van der Waals surface area contributed by atoms with Gasteiger partial charge < -0.3 is 14.9 Å². The largest absolute Gasteiger partial charge is 0.468 e. The number of carbonyl (C=O) groups is 1. The molecular formula is C13H28O4S. The van der Waals surface area contributed by atoms with Crippen molar-refractivity contribution >= 4 is 17.7 Å². The van der Waals surface area contributed by atoms with Gasteiger partial charge in [0.25, 0.3) is 0 Å². The number of aliphatic hydroxyl groups excluding tert-OH is 2. The van der Waals surface area contributed by atoms with Gasteiger partial charge in [-0.05, 0) is 19.3 Å². The minimum Gasteiger partial charge on any atom is -0.468 e. The molecule has 110 valence electrons. The van der Waals surface area contributed by atoms with Gasteiger partial charge in [0.2, 0.25) is 0 Å². The van der Waals surface area contributed by atoms with Gasteiger partial charge in [-0.25, -0.2) is 0 Å². The number of hydrogen-bond donors (Lipinski definition) is 2. The Labute approximate surface area is 115 Å². The third kappa shape index (κ3) is 9.74. The molecule has 0 amide bonds. The van der Waals surface area contributed by atoms with E-state index < -0.39 is 12.2 Å². The zero-order chi connectivity index (χ0) is 14.6. The van der Waals surface area contributed by atoms with E-state index in [-0.39, 0.29) is 17.0 Å². The number of thioether (sulfide) groups is 1. The predicted molar refractivity (Wildman–Crippen MR) is 76.8 cm³/mol. The number of methoxy groups -OCH3 is 1. The lowest BCUT2D eigenvalue weighted by Gasteiger charge is -2.23. The van der Waals surface area contributed by atoms with Crippen LogP contribution in [0.1, 0.15) is 47.0 Å². The Hall–Kier alpha value is -0.260. The molecular weight excluding hydrogens is 252 g/mol. The van der Waals surface area contributed by atoms with Crippen molar-refractivity contribution in [1.29, 1.82) is 0 Å².